The monoisotopic (exact) mass is 311 g/mol. The zero-order chi connectivity index (χ0) is 16.8. The van der Waals surface area contributed by atoms with E-state index in [9.17, 15) is 4.79 Å². The van der Waals surface area contributed by atoms with Crippen molar-refractivity contribution in [3.05, 3.63) is 65.0 Å². The van der Waals surface area contributed by atoms with Gasteiger partial charge in [0, 0.05) is 6.20 Å². The molecule has 0 bridgehead atoms. The van der Waals surface area contributed by atoms with E-state index in [1.54, 1.807) is 0 Å². The van der Waals surface area contributed by atoms with Gasteiger partial charge in [0.2, 0.25) is 5.91 Å². The average Bonchev–Trinajstić information content (AvgIpc) is 2.55. The van der Waals surface area contributed by atoms with Crippen LogP contribution in [0.25, 0.3) is 0 Å². The number of aryl methyl sites for hydroxylation is 2. The first-order chi connectivity index (χ1) is 11.0. The molecule has 0 fully saturated rings. The second-order valence-electron chi connectivity index (χ2n) is 5.95. The van der Waals surface area contributed by atoms with Crippen LogP contribution in [0.1, 0.15) is 35.3 Å². The minimum absolute atomic E-state index is 0.00864. The van der Waals surface area contributed by atoms with Gasteiger partial charge in [-0.3, -0.25) is 14.7 Å². The van der Waals surface area contributed by atoms with Crippen molar-refractivity contribution < 1.29 is 4.79 Å². The van der Waals surface area contributed by atoms with Crippen molar-refractivity contribution in [2.45, 2.75) is 32.9 Å². The van der Waals surface area contributed by atoms with Gasteiger partial charge in [0.1, 0.15) is 6.04 Å². The van der Waals surface area contributed by atoms with Crippen LogP contribution in [-0.4, -0.2) is 29.9 Å². The fourth-order valence-electron chi connectivity index (χ4n) is 2.59. The molecule has 0 saturated carbocycles. The summed E-state index contributed by atoms with van der Waals surface area (Å²) in [5.74, 6) is -0.00864. The second-order valence-corrected chi connectivity index (χ2v) is 5.95. The highest BCUT2D eigenvalue weighted by molar-refractivity contribution is 5.83. The highest BCUT2D eigenvalue weighted by Crippen LogP contribution is 2.22. The summed E-state index contributed by atoms with van der Waals surface area (Å²) in [6.45, 7) is 4.57. The molecular formula is C19H25N3O. The molecule has 0 saturated heterocycles. The molecule has 23 heavy (non-hydrogen) atoms. The third-order valence-corrected chi connectivity index (χ3v) is 3.99. The average molecular weight is 311 g/mol. The molecule has 1 amide bonds. The smallest absolute Gasteiger partial charge is 0.242 e. The molecule has 4 nitrogen and oxygen atoms in total. The molecule has 0 spiro atoms. The molecule has 0 aliphatic heterocycles. The lowest BCUT2D eigenvalue weighted by atomic mass is 10.00. The van der Waals surface area contributed by atoms with Crippen molar-refractivity contribution in [2.75, 3.05) is 14.1 Å². The Bertz CT molecular complexity index is 650. The molecule has 0 unspecified atom stereocenters. The van der Waals surface area contributed by atoms with Crippen LogP contribution in [0, 0.1) is 6.92 Å². The van der Waals surface area contributed by atoms with Gasteiger partial charge in [-0.1, -0.05) is 37.3 Å². The van der Waals surface area contributed by atoms with Crippen LogP contribution in [0.4, 0.5) is 0 Å². The third-order valence-electron chi connectivity index (χ3n) is 3.99. The van der Waals surface area contributed by atoms with E-state index in [0.717, 1.165) is 23.2 Å². The van der Waals surface area contributed by atoms with Crippen molar-refractivity contribution in [1.82, 2.24) is 15.2 Å². The summed E-state index contributed by atoms with van der Waals surface area (Å²) in [5.41, 5.74) is 4.22. The summed E-state index contributed by atoms with van der Waals surface area (Å²) < 4.78 is 0. The maximum atomic E-state index is 12.7. The first kappa shape index (κ1) is 17.2. The molecule has 0 aliphatic carbocycles. The number of carbonyl (C=O) groups is 1. The Hall–Kier alpha value is -2.20. The van der Waals surface area contributed by atoms with E-state index >= 15 is 0 Å². The summed E-state index contributed by atoms with van der Waals surface area (Å²) in [6.07, 6.45) is 2.84. The number of likely N-dealkylation sites (N-methyl/N-ethyl adjacent to an activating group) is 1. The fourth-order valence-corrected chi connectivity index (χ4v) is 2.59. The molecule has 0 aliphatic rings. The van der Waals surface area contributed by atoms with Crippen molar-refractivity contribution in [3.63, 3.8) is 0 Å². The summed E-state index contributed by atoms with van der Waals surface area (Å²) in [6, 6.07) is 11.7. The van der Waals surface area contributed by atoms with Crippen LogP contribution in [0.3, 0.4) is 0 Å². The van der Waals surface area contributed by atoms with Gasteiger partial charge in [0.15, 0.2) is 0 Å². The molecule has 1 aromatic heterocycles. The minimum atomic E-state index is -0.300. The predicted octanol–water partition coefficient (Wildman–Crippen LogP) is 2.87. The number of carbonyl (C=O) groups excluding carboxylic acids is 1. The molecule has 2 aromatic rings. The number of amides is 1. The highest BCUT2D eigenvalue weighted by Gasteiger charge is 2.23. The first-order valence-electron chi connectivity index (χ1n) is 7.96. The lowest BCUT2D eigenvalue weighted by Crippen LogP contribution is -2.37. The van der Waals surface area contributed by atoms with Gasteiger partial charge in [-0.15, -0.1) is 0 Å². The predicted molar refractivity (Wildman–Crippen MR) is 93.1 cm³/mol. The Kier molecular flexibility index (Phi) is 5.88. The van der Waals surface area contributed by atoms with Gasteiger partial charge in [-0.25, -0.2) is 0 Å². The molecule has 4 heteroatoms. The quantitative estimate of drug-likeness (QED) is 0.892. The number of nitrogens with one attached hydrogen (secondary N) is 1. The van der Waals surface area contributed by atoms with Crippen LogP contribution >= 0.6 is 0 Å². The Labute approximate surface area is 138 Å². The molecule has 1 N–H and O–H groups in total. The molecule has 1 heterocycles. The van der Waals surface area contributed by atoms with Crippen LogP contribution in [0.2, 0.25) is 0 Å². The zero-order valence-corrected chi connectivity index (χ0v) is 14.3. The van der Waals surface area contributed by atoms with Crippen molar-refractivity contribution in [2.24, 2.45) is 0 Å². The van der Waals surface area contributed by atoms with E-state index in [2.05, 4.69) is 23.3 Å². The number of nitrogens with zero attached hydrogens (tertiary/aromatic N) is 2. The Balaban J connectivity index is 2.08. The molecule has 1 aromatic carbocycles. The third kappa shape index (κ3) is 4.39. The minimum Gasteiger partial charge on any atom is -0.349 e. The maximum Gasteiger partial charge on any atom is 0.242 e. The number of hydrogen-bond donors (Lipinski definition) is 1. The SMILES string of the molecule is CCc1ccc(CNC(=O)[C@@H](c2ccccc2C)N(C)C)nc1. The van der Waals surface area contributed by atoms with Crippen LogP contribution in [0.15, 0.2) is 42.6 Å². The molecule has 0 radical (unpaired) electrons. The Morgan fingerprint density at radius 2 is 1.96 bits per heavy atom. The molecular weight excluding hydrogens is 286 g/mol. The van der Waals surface area contributed by atoms with Crippen molar-refractivity contribution >= 4 is 5.91 Å². The lowest BCUT2D eigenvalue weighted by molar-refractivity contribution is -0.126. The summed E-state index contributed by atoms with van der Waals surface area (Å²) in [7, 11) is 3.84. The topological polar surface area (TPSA) is 45.2 Å². The van der Waals surface area contributed by atoms with Crippen LogP contribution in [-0.2, 0) is 17.8 Å². The number of rotatable bonds is 6. The maximum absolute atomic E-state index is 12.7. The van der Waals surface area contributed by atoms with E-state index in [-0.39, 0.29) is 11.9 Å². The van der Waals surface area contributed by atoms with Crippen LogP contribution < -0.4 is 5.32 Å². The van der Waals surface area contributed by atoms with Crippen LogP contribution in [0.5, 0.6) is 0 Å². The summed E-state index contributed by atoms with van der Waals surface area (Å²) in [4.78, 5) is 19.0. The lowest BCUT2D eigenvalue weighted by Gasteiger charge is -2.25. The van der Waals surface area contributed by atoms with Crippen molar-refractivity contribution in [1.29, 1.82) is 0 Å². The van der Waals surface area contributed by atoms with Gasteiger partial charge < -0.3 is 5.32 Å². The Morgan fingerprint density at radius 3 is 2.52 bits per heavy atom. The second kappa shape index (κ2) is 7.88. The fraction of sp³-hybridized carbons (Fsp3) is 0.368. The van der Waals surface area contributed by atoms with E-state index in [0.29, 0.717) is 6.54 Å². The summed E-state index contributed by atoms with van der Waals surface area (Å²) >= 11 is 0. The largest absolute Gasteiger partial charge is 0.349 e. The van der Waals surface area contributed by atoms with Crippen molar-refractivity contribution in [3.8, 4) is 0 Å². The van der Waals surface area contributed by atoms with Gasteiger partial charge in [0.05, 0.1) is 12.2 Å². The highest BCUT2D eigenvalue weighted by atomic mass is 16.2. The van der Waals surface area contributed by atoms with E-state index in [4.69, 9.17) is 0 Å². The number of benzene rings is 1. The number of hydrogen-bond acceptors (Lipinski definition) is 3. The number of pyridine rings is 1. The van der Waals surface area contributed by atoms with Gasteiger partial charge in [-0.05, 0) is 50.2 Å². The Morgan fingerprint density at radius 1 is 1.22 bits per heavy atom. The standard InChI is InChI=1S/C19H25N3O/c1-5-15-10-11-16(20-12-15)13-21-19(23)18(22(3)4)17-9-7-6-8-14(17)2/h6-12,18H,5,13H2,1-4H3,(H,21,23)/t18-/m1/s1. The molecule has 1 atom stereocenters. The van der Waals surface area contributed by atoms with Gasteiger partial charge in [-0.2, -0.15) is 0 Å². The molecule has 122 valence electrons. The summed E-state index contributed by atoms with van der Waals surface area (Å²) in [5, 5.41) is 3.00. The van der Waals surface area contributed by atoms with E-state index < -0.39 is 0 Å². The molecule has 2 rings (SSSR count). The normalized spacial score (nSPS) is 12.2. The number of aromatic nitrogens is 1. The van der Waals surface area contributed by atoms with Gasteiger partial charge >= 0.3 is 0 Å². The van der Waals surface area contributed by atoms with Gasteiger partial charge in [0.25, 0.3) is 0 Å². The first-order valence-corrected chi connectivity index (χ1v) is 7.96. The zero-order valence-electron chi connectivity index (χ0n) is 14.3. The van der Waals surface area contributed by atoms with E-state index in [1.807, 2.05) is 62.4 Å². The van der Waals surface area contributed by atoms with E-state index in [1.165, 1.54) is 5.56 Å².